The summed E-state index contributed by atoms with van der Waals surface area (Å²) in [7, 11) is 4.61. The van der Waals surface area contributed by atoms with E-state index in [1.54, 1.807) is 32.4 Å². The van der Waals surface area contributed by atoms with Crippen LogP contribution in [0.3, 0.4) is 0 Å². The van der Waals surface area contributed by atoms with Crippen LogP contribution in [0, 0.1) is 0 Å². The fourth-order valence-corrected chi connectivity index (χ4v) is 3.11. The van der Waals surface area contributed by atoms with Crippen molar-refractivity contribution in [2.75, 3.05) is 21.3 Å². The third-order valence-corrected chi connectivity index (χ3v) is 4.89. The predicted octanol–water partition coefficient (Wildman–Crippen LogP) is 2.82. The number of methoxy groups -OCH3 is 3. The van der Waals surface area contributed by atoms with Crippen LogP contribution in [0.5, 0.6) is 0 Å². The summed E-state index contributed by atoms with van der Waals surface area (Å²) in [6.45, 7) is 1.81. The molecule has 1 aliphatic heterocycles. The molecular formula is C15H20Cl2O5. The Morgan fingerprint density at radius 2 is 1.86 bits per heavy atom. The van der Waals surface area contributed by atoms with Crippen LogP contribution in [0.2, 0.25) is 10.0 Å². The van der Waals surface area contributed by atoms with Crippen molar-refractivity contribution in [3.63, 3.8) is 0 Å². The molecule has 124 valence electrons. The van der Waals surface area contributed by atoms with Gasteiger partial charge < -0.3 is 24.1 Å². The summed E-state index contributed by atoms with van der Waals surface area (Å²) in [5.41, 5.74) is -0.310. The molecule has 1 heterocycles. The van der Waals surface area contributed by atoms with Crippen molar-refractivity contribution in [1.82, 2.24) is 0 Å². The highest BCUT2D eigenvalue weighted by Crippen LogP contribution is 2.42. The summed E-state index contributed by atoms with van der Waals surface area (Å²) in [5, 5.41) is 11.5. The topological polar surface area (TPSA) is 57.2 Å². The van der Waals surface area contributed by atoms with Gasteiger partial charge in [-0.3, -0.25) is 0 Å². The molecule has 1 N–H and O–H groups in total. The van der Waals surface area contributed by atoms with E-state index in [-0.39, 0.29) is 0 Å². The first-order valence-electron chi connectivity index (χ1n) is 6.78. The molecule has 0 aliphatic carbocycles. The zero-order valence-electron chi connectivity index (χ0n) is 12.9. The van der Waals surface area contributed by atoms with Gasteiger partial charge in [0, 0.05) is 21.3 Å². The lowest BCUT2D eigenvalue weighted by Crippen LogP contribution is -2.50. The average molecular weight is 351 g/mol. The molecule has 0 spiro atoms. The molecule has 1 saturated heterocycles. The Hall–Kier alpha value is -0.400. The highest BCUT2D eigenvalue weighted by molar-refractivity contribution is 6.42. The SMILES string of the molecule is CO[C@@H]1O[C@H]([C@H](O)c2ccc(Cl)c(Cl)c2)[C@@](C)(OC)[C@H]1OC. The fourth-order valence-electron chi connectivity index (χ4n) is 2.80. The molecule has 0 radical (unpaired) electrons. The van der Waals surface area contributed by atoms with E-state index >= 15 is 0 Å². The van der Waals surface area contributed by atoms with Crippen molar-refractivity contribution < 1.29 is 24.1 Å². The van der Waals surface area contributed by atoms with Crippen molar-refractivity contribution in [3.05, 3.63) is 33.8 Å². The third kappa shape index (κ3) is 2.99. The number of benzene rings is 1. The molecule has 1 aromatic carbocycles. The van der Waals surface area contributed by atoms with Gasteiger partial charge in [-0.15, -0.1) is 0 Å². The molecular weight excluding hydrogens is 331 g/mol. The number of ether oxygens (including phenoxy) is 4. The standard InChI is InChI=1S/C15H20Cl2O5/c1-15(21-4)12(22-14(20-3)13(15)19-2)11(18)8-5-6-9(16)10(17)7-8/h5-7,11-14,18H,1-4H3/t11-,12-,13+,14-,15-/m1/s1. The smallest absolute Gasteiger partial charge is 0.186 e. The molecule has 0 amide bonds. The molecule has 0 bridgehead atoms. The average Bonchev–Trinajstić information content (AvgIpc) is 2.81. The maximum atomic E-state index is 10.7. The monoisotopic (exact) mass is 350 g/mol. The van der Waals surface area contributed by atoms with E-state index in [0.717, 1.165) is 0 Å². The Morgan fingerprint density at radius 1 is 1.18 bits per heavy atom. The van der Waals surface area contributed by atoms with Gasteiger partial charge in [-0.2, -0.15) is 0 Å². The van der Waals surface area contributed by atoms with Gasteiger partial charge in [0.15, 0.2) is 6.29 Å². The van der Waals surface area contributed by atoms with Gasteiger partial charge in [0.05, 0.1) is 10.0 Å². The molecule has 1 aliphatic rings. The molecule has 5 atom stereocenters. The van der Waals surface area contributed by atoms with E-state index in [4.69, 9.17) is 42.1 Å². The van der Waals surface area contributed by atoms with Crippen LogP contribution in [-0.2, 0) is 18.9 Å². The van der Waals surface area contributed by atoms with E-state index < -0.39 is 30.2 Å². The van der Waals surface area contributed by atoms with Gasteiger partial charge in [0.2, 0.25) is 0 Å². The number of halogens is 2. The van der Waals surface area contributed by atoms with Gasteiger partial charge in [0.25, 0.3) is 0 Å². The Balaban J connectivity index is 2.34. The van der Waals surface area contributed by atoms with Gasteiger partial charge in [-0.25, -0.2) is 0 Å². The zero-order valence-corrected chi connectivity index (χ0v) is 14.4. The number of hydrogen-bond acceptors (Lipinski definition) is 5. The second-order valence-electron chi connectivity index (χ2n) is 5.32. The minimum Gasteiger partial charge on any atom is -0.386 e. The Kier molecular flexibility index (Phi) is 5.72. The van der Waals surface area contributed by atoms with Gasteiger partial charge in [-0.1, -0.05) is 29.3 Å². The summed E-state index contributed by atoms with van der Waals surface area (Å²) in [6, 6.07) is 4.93. The highest BCUT2D eigenvalue weighted by atomic mass is 35.5. The maximum absolute atomic E-state index is 10.7. The van der Waals surface area contributed by atoms with Gasteiger partial charge in [-0.05, 0) is 24.6 Å². The second kappa shape index (κ2) is 7.01. The van der Waals surface area contributed by atoms with Crippen LogP contribution in [0.1, 0.15) is 18.6 Å². The zero-order chi connectivity index (χ0) is 16.5. The molecule has 7 heteroatoms. The summed E-state index contributed by atoms with van der Waals surface area (Å²) < 4.78 is 22.1. The lowest BCUT2D eigenvalue weighted by Gasteiger charge is -2.34. The molecule has 0 unspecified atom stereocenters. The number of rotatable bonds is 5. The summed E-state index contributed by atoms with van der Waals surface area (Å²) in [5.74, 6) is 0. The highest BCUT2D eigenvalue weighted by Gasteiger charge is 2.57. The summed E-state index contributed by atoms with van der Waals surface area (Å²) in [4.78, 5) is 0. The normalized spacial score (nSPS) is 33.1. The first-order chi connectivity index (χ1) is 10.4. The molecule has 22 heavy (non-hydrogen) atoms. The first-order valence-corrected chi connectivity index (χ1v) is 7.53. The summed E-state index contributed by atoms with van der Waals surface area (Å²) >= 11 is 11.9. The van der Waals surface area contributed by atoms with Crippen LogP contribution in [0.4, 0.5) is 0 Å². The molecule has 1 aromatic rings. The van der Waals surface area contributed by atoms with E-state index in [0.29, 0.717) is 15.6 Å². The van der Waals surface area contributed by atoms with Crippen molar-refractivity contribution in [3.8, 4) is 0 Å². The van der Waals surface area contributed by atoms with E-state index in [1.165, 1.54) is 7.11 Å². The number of hydrogen-bond donors (Lipinski definition) is 1. The number of aliphatic hydroxyl groups is 1. The Bertz CT molecular complexity index is 527. The molecule has 5 nitrogen and oxygen atoms in total. The van der Waals surface area contributed by atoms with Crippen LogP contribution in [0.25, 0.3) is 0 Å². The lowest BCUT2D eigenvalue weighted by atomic mass is 9.88. The van der Waals surface area contributed by atoms with Crippen LogP contribution < -0.4 is 0 Å². The van der Waals surface area contributed by atoms with Crippen LogP contribution in [0.15, 0.2) is 18.2 Å². The Morgan fingerprint density at radius 3 is 2.36 bits per heavy atom. The summed E-state index contributed by atoms with van der Waals surface area (Å²) in [6.07, 6.45) is -2.79. The molecule has 0 saturated carbocycles. The first kappa shape index (κ1) is 17.9. The van der Waals surface area contributed by atoms with E-state index in [2.05, 4.69) is 0 Å². The number of aliphatic hydroxyl groups excluding tert-OH is 1. The maximum Gasteiger partial charge on any atom is 0.186 e. The molecule has 2 rings (SSSR count). The molecule has 1 fully saturated rings. The quantitative estimate of drug-likeness (QED) is 0.884. The lowest BCUT2D eigenvalue weighted by molar-refractivity contribution is -0.168. The largest absolute Gasteiger partial charge is 0.386 e. The van der Waals surface area contributed by atoms with Crippen molar-refractivity contribution >= 4 is 23.2 Å². The van der Waals surface area contributed by atoms with Crippen molar-refractivity contribution in [1.29, 1.82) is 0 Å². The predicted molar refractivity (Wildman–Crippen MR) is 83.3 cm³/mol. The van der Waals surface area contributed by atoms with Gasteiger partial charge in [0.1, 0.15) is 23.9 Å². The second-order valence-corrected chi connectivity index (χ2v) is 6.14. The Labute approximate surface area is 140 Å². The fraction of sp³-hybridized carbons (Fsp3) is 0.600. The molecule has 0 aromatic heterocycles. The minimum atomic E-state index is -0.975. The minimum absolute atomic E-state index is 0.363. The van der Waals surface area contributed by atoms with Gasteiger partial charge >= 0.3 is 0 Å². The van der Waals surface area contributed by atoms with Crippen molar-refractivity contribution in [2.45, 2.75) is 37.1 Å². The van der Waals surface area contributed by atoms with E-state index in [9.17, 15) is 5.11 Å². The van der Waals surface area contributed by atoms with Crippen LogP contribution in [-0.4, -0.2) is 50.5 Å². The van der Waals surface area contributed by atoms with Crippen molar-refractivity contribution in [2.24, 2.45) is 0 Å². The van der Waals surface area contributed by atoms with E-state index in [1.807, 2.05) is 6.92 Å². The van der Waals surface area contributed by atoms with Crippen LogP contribution >= 0.6 is 23.2 Å². The third-order valence-electron chi connectivity index (χ3n) is 4.16.